The topological polar surface area (TPSA) is 82.0 Å². The molecule has 0 fully saturated rings. The fourth-order valence-electron chi connectivity index (χ4n) is 1.44. The first-order valence-corrected chi connectivity index (χ1v) is 6.67. The molecule has 0 aliphatic rings. The van der Waals surface area contributed by atoms with E-state index in [1.54, 1.807) is 0 Å². The molecule has 0 heterocycles. The van der Waals surface area contributed by atoms with Crippen molar-refractivity contribution in [3.05, 3.63) is 0 Å². The molecule has 2 unspecified atom stereocenters. The van der Waals surface area contributed by atoms with E-state index in [1.807, 2.05) is 0 Å². The smallest absolute Gasteiger partial charge is 0.0972 e. The van der Waals surface area contributed by atoms with Crippen molar-refractivity contribution in [1.82, 2.24) is 5.32 Å². The first kappa shape index (κ1) is 17.8. The van der Waals surface area contributed by atoms with E-state index in [9.17, 15) is 10.2 Å². The molecule has 0 spiro atoms. The van der Waals surface area contributed by atoms with Gasteiger partial charge in [0.15, 0.2) is 0 Å². The standard InChI is InChI=1S/C13H29NO4/c1-11(2)5-4-6-18-8-12(16)7-14-9-13(3,17)10-15/h11-12,14-17H,4-10H2,1-3H3. The van der Waals surface area contributed by atoms with Crippen molar-refractivity contribution >= 4 is 0 Å². The molecule has 0 saturated heterocycles. The van der Waals surface area contributed by atoms with Crippen LogP contribution in [0.5, 0.6) is 0 Å². The summed E-state index contributed by atoms with van der Waals surface area (Å²) in [5.41, 5.74) is -1.14. The van der Waals surface area contributed by atoms with Gasteiger partial charge in [-0.05, 0) is 25.7 Å². The van der Waals surface area contributed by atoms with Gasteiger partial charge in [0.25, 0.3) is 0 Å². The Hall–Kier alpha value is -0.200. The van der Waals surface area contributed by atoms with Gasteiger partial charge in [-0.2, -0.15) is 0 Å². The molecule has 0 bridgehead atoms. The maximum Gasteiger partial charge on any atom is 0.0972 e. The van der Waals surface area contributed by atoms with Crippen LogP contribution in [0.2, 0.25) is 0 Å². The van der Waals surface area contributed by atoms with Gasteiger partial charge in [-0.25, -0.2) is 0 Å². The van der Waals surface area contributed by atoms with Gasteiger partial charge in [0, 0.05) is 19.7 Å². The normalized spacial score (nSPS) is 16.8. The summed E-state index contributed by atoms with van der Waals surface area (Å²) >= 11 is 0. The summed E-state index contributed by atoms with van der Waals surface area (Å²) in [6.45, 7) is 7.14. The molecule has 0 amide bonds. The van der Waals surface area contributed by atoms with Crippen LogP contribution in [-0.4, -0.2) is 59.9 Å². The third-order valence-corrected chi connectivity index (χ3v) is 2.61. The number of aliphatic hydroxyl groups is 3. The Balaban J connectivity index is 3.40. The number of hydrogen-bond donors (Lipinski definition) is 4. The van der Waals surface area contributed by atoms with E-state index in [0.717, 1.165) is 12.8 Å². The van der Waals surface area contributed by atoms with Gasteiger partial charge in [-0.3, -0.25) is 0 Å². The summed E-state index contributed by atoms with van der Waals surface area (Å²) in [4.78, 5) is 0. The molecular formula is C13H29NO4. The molecule has 0 aliphatic heterocycles. The van der Waals surface area contributed by atoms with Crippen LogP contribution in [0.25, 0.3) is 0 Å². The van der Waals surface area contributed by atoms with Crippen LogP contribution in [0.4, 0.5) is 0 Å². The summed E-state index contributed by atoms with van der Waals surface area (Å²) in [7, 11) is 0. The Bertz CT molecular complexity index is 197. The molecule has 0 aromatic carbocycles. The summed E-state index contributed by atoms with van der Waals surface area (Å²) < 4.78 is 5.35. The Kier molecular flexibility index (Phi) is 9.59. The molecule has 0 aromatic heterocycles. The summed E-state index contributed by atoms with van der Waals surface area (Å²) in [6.07, 6.45) is 1.56. The molecule has 0 rings (SSSR count). The summed E-state index contributed by atoms with van der Waals surface area (Å²) in [5, 5.41) is 30.8. The number of nitrogens with one attached hydrogen (secondary N) is 1. The van der Waals surface area contributed by atoms with Crippen molar-refractivity contribution in [1.29, 1.82) is 0 Å². The molecule has 4 N–H and O–H groups in total. The average Bonchev–Trinajstić information content (AvgIpc) is 2.28. The van der Waals surface area contributed by atoms with E-state index in [-0.39, 0.29) is 13.2 Å². The Morgan fingerprint density at radius 1 is 1.33 bits per heavy atom. The molecule has 0 saturated carbocycles. The minimum absolute atomic E-state index is 0.244. The van der Waals surface area contributed by atoms with Crippen LogP contribution in [0.1, 0.15) is 33.6 Å². The molecule has 0 aromatic rings. The van der Waals surface area contributed by atoms with Crippen LogP contribution in [0.15, 0.2) is 0 Å². The highest BCUT2D eigenvalue weighted by Gasteiger charge is 2.18. The highest BCUT2D eigenvalue weighted by atomic mass is 16.5. The zero-order valence-corrected chi connectivity index (χ0v) is 11.9. The molecule has 0 radical (unpaired) electrons. The Morgan fingerprint density at radius 2 is 2.00 bits per heavy atom. The van der Waals surface area contributed by atoms with Crippen LogP contribution >= 0.6 is 0 Å². The minimum Gasteiger partial charge on any atom is -0.393 e. The van der Waals surface area contributed by atoms with Crippen LogP contribution < -0.4 is 5.32 Å². The second kappa shape index (κ2) is 9.69. The van der Waals surface area contributed by atoms with E-state index >= 15 is 0 Å². The highest BCUT2D eigenvalue weighted by Crippen LogP contribution is 2.03. The lowest BCUT2D eigenvalue weighted by Crippen LogP contribution is -2.43. The number of ether oxygens (including phenoxy) is 1. The van der Waals surface area contributed by atoms with Crippen LogP contribution in [0, 0.1) is 5.92 Å². The first-order valence-electron chi connectivity index (χ1n) is 6.67. The molecule has 5 nitrogen and oxygen atoms in total. The molecular weight excluding hydrogens is 234 g/mol. The van der Waals surface area contributed by atoms with E-state index in [2.05, 4.69) is 19.2 Å². The van der Waals surface area contributed by atoms with Crippen molar-refractivity contribution < 1.29 is 20.1 Å². The monoisotopic (exact) mass is 263 g/mol. The van der Waals surface area contributed by atoms with Crippen molar-refractivity contribution in [3.8, 4) is 0 Å². The highest BCUT2D eigenvalue weighted by molar-refractivity contribution is 4.74. The largest absolute Gasteiger partial charge is 0.393 e. The van der Waals surface area contributed by atoms with Crippen molar-refractivity contribution in [2.75, 3.05) is 32.9 Å². The SMILES string of the molecule is CC(C)CCCOCC(O)CNCC(C)(O)CO. The lowest BCUT2D eigenvalue weighted by atomic mass is 10.1. The van der Waals surface area contributed by atoms with Gasteiger partial charge in [0.2, 0.25) is 0 Å². The number of aliphatic hydroxyl groups excluding tert-OH is 2. The van der Waals surface area contributed by atoms with E-state index < -0.39 is 11.7 Å². The van der Waals surface area contributed by atoms with Crippen LogP contribution in [-0.2, 0) is 4.74 Å². The van der Waals surface area contributed by atoms with Crippen LogP contribution in [0.3, 0.4) is 0 Å². The fourth-order valence-corrected chi connectivity index (χ4v) is 1.44. The van der Waals surface area contributed by atoms with E-state index in [4.69, 9.17) is 9.84 Å². The van der Waals surface area contributed by atoms with Crippen molar-refractivity contribution in [3.63, 3.8) is 0 Å². The number of rotatable bonds is 11. The van der Waals surface area contributed by atoms with Gasteiger partial charge in [-0.1, -0.05) is 13.8 Å². The molecule has 110 valence electrons. The second-order valence-corrected chi connectivity index (χ2v) is 5.55. The molecule has 18 heavy (non-hydrogen) atoms. The van der Waals surface area contributed by atoms with Gasteiger partial charge in [0.05, 0.1) is 24.9 Å². The van der Waals surface area contributed by atoms with E-state index in [0.29, 0.717) is 25.7 Å². The van der Waals surface area contributed by atoms with Crippen molar-refractivity contribution in [2.24, 2.45) is 5.92 Å². The molecule has 2 atom stereocenters. The molecule has 5 heteroatoms. The maximum absolute atomic E-state index is 9.60. The zero-order chi connectivity index (χ0) is 14.0. The summed E-state index contributed by atoms with van der Waals surface area (Å²) in [5.74, 6) is 0.681. The number of hydrogen-bond acceptors (Lipinski definition) is 5. The Morgan fingerprint density at radius 3 is 2.56 bits per heavy atom. The van der Waals surface area contributed by atoms with Gasteiger partial charge >= 0.3 is 0 Å². The minimum atomic E-state index is -1.14. The first-order chi connectivity index (χ1) is 8.37. The van der Waals surface area contributed by atoms with Crippen molar-refractivity contribution in [2.45, 2.75) is 45.3 Å². The lowest BCUT2D eigenvalue weighted by molar-refractivity contribution is -0.00401. The predicted molar refractivity (Wildman–Crippen MR) is 71.5 cm³/mol. The quantitative estimate of drug-likeness (QED) is 0.398. The maximum atomic E-state index is 9.60. The second-order valence-electron chi connectivity index (χ2n) is 5.55. The Labute approximate surface area is 110 Å². The van der Waals surface area contributed by atoms with E-state index in [1.165, 1.54) is 6.92 Å². The lowest BCUT2D eigenvalue weighted by Gasteiger charge is -2.21. The van der Waals surface area contributed by atoms with Gasteiger partial charge in [0.1, 0.15) is 0 Å². The van der Waals surface area contributed by atoms with Gasteiger partial charge < -0.3 is 25.4 Å². The third-order valence-electron chi connectivity index (χ3n) is 2.61. The summed E-state index contributed by atoms with van der Waals surface area (Å²) in [6, 6.07) is 0. The predicted octanol–water partition coefficient (Wildman–Crippen LogP) is 0.133. The fraction of sp³-hybridized carbons (Fsp3) is 1.00. The third kappa shape index (κ3) is 10.9. The average molecular weight is 263 g/mol. The zero-order valence-electron chi connectivity index (χ0n) is 11.9. The molecule has 0 aliphatic carbocycles. The van der Waals surface area contributed by atoms with Gasteiger partial charge in [-0.15, -0.1) is 0 Å².